The van der Waals surface area contributed by atoms with Gasteiger partial charge < -0.3 is 23.5 Å². The van der Waals surface area contributed by atoms with E-state index in [9.17, 15) is 4.79 Å². The molecule has 1 saturated heterocycles. The van der Waals surface area contributed by atoms with Crippen molar-refractivity contribution in [1.29, 1.82) is 0 Å². The molecule has 5 fully saturated rings. The SMILES string of the molecule is CC.COc1ccc(C2CC2B2OC3CC4CC(C4(C)C)C3(C)O2)c2c1C(=O)OC(C)(C)O2. The minimum atomic E-state index is -1.01. The lowest BCUT2D eigenvalue weighted by molar-refractivity contribution is -0.199. The van der Waals surface area contributed by atoms with E-state index in [1.165, 1.54) is 6.42 Å². The maximum atomic E-state index is 12.7. The molecule has 6 atom stereocenters. The van der Waals surface area contributed by atoms with Crippen molar-refractivity contribution in [2.75, 3.05) is 7.11 Å². The monoisotopic (exact) mass is 456 g/mol. The number of benzene rings is 1. The van der Waals surface area contributed by atoms with Gasteiger partial charge in [0.05, 0.1) is 18.8 Å². The summed E-state index contributed by atoms with van der Waals surface area (Å²) in [6.45, 7) is 14.5. The van der Waals surface area contributed by atoms with Crippen LogP contribution < -0.4 is 9.47 Å². The Bertz CT molecular complexity index is 974. The molecular weight excluding hydrogens is 419 g/mol. The predicted molar refractivity (Wildman–Crippen MR) is 126 cm³/mol. The molecule has 2 aliphatic heterocycles. The molecular formula is C26H37BO6. The van der Waals surface area contributed by atoms with Crippen molar-refractivity contribution in [3.63, 3.8) is 0 Å². The van der Waals surface area contributed by atoms with Crippen molar-refractivity contribution >= 4 is 13.1 Å². The van der Waals surface area contributed by atoms with Crippen molar-refractivity contribution in [1.82, 2.24) is 0 Å². The fraction of sp³-hybridized carbons (Fsp3) is 0.731. The largest absolute Gasteiger partial charge is 0.496 e. The highest BCUT2D eigenvalue weighted by molar-refractivity contribution is 6.49. The minimum absolute atomic E-state index is 0.186. The average Bonchev–Trinajstić information content (AvgIpc) is 3.46. The van der Waals surface area contributed by atoms with Crippen LogP contribution >= 0.6 is 0 Å². The number of ether oxygens (including phenoxy) is 3. The number of cyclic esters (lactones) is 1. The third-order valence-electron chi connectivity index (χ3n) is 8.82. The van der Waals surface area contributed by atoms with Crippen LogP contribution in [0.2, 0.25) is 5.82 Å². The first kappa shape index (κ1) is 23.0. The number of esters is 1. The van der Waals surface area contributed by atoms with Crippen LogP contribution in [-0.2, 0) is 14.0 Å². The summed E-state index contributed by atoms with van der Waals surface area (Å²) < 4.78 is 30.2. The molecule has 0 amide bonds. The summed E-state index contributed by atoms with van der Waals surface area (Å²) >= 11 is 0. The van der Waals surface area contributed by atoms with Crippen LogP contribution in [0.25, 0.3) is 0 Å². The van der Waals surface area contributed by atoms with Gasteiger partial charge in [-0.2, -0.15) is 0 Å². The number of methoxy groups -OCH3 is 1. The standard InChI is InChI=1S/C24H31BO6.C2H6/c1-22(2)12-9-17(22)24(5)18(10-12)30-25(31-24)15-11-14(15)13-7-8-16(27-6)19-20(13)28-23(3,4)29-21(19)26;1-2/h7-8,12,14-15,17-18H,9-11H2,1-6H3;1-2H3. The number of fused-ring (bicyclic) bond motifs is 1. The highest BCUT2D eigenvalue weighted by atomic mass is 16.7. The molecule has 4 aliphatic carbocycles. The molecule has 6 aliphatic rings. The molecule has 6 unspecified atom stereocenters. The molecule has 1 aromatic carbocycles. The fourth-order valence-electron chi connectivity index (χ4n) is 6.84. The second-order valence-electron chi connectivity index (χ2n) is 11.3. The molecule has 7 heteroatoms. The van der Waals surface area contributed by atoms with Gasteiger partial charge in [0.2, 0.25) is 5.79 Å². The normalized spacial score (nSPS) is 38.5. The van der Waals surface area contributed by atoms with Gasteiger partial charge in [-0.3, -0.25) is 0 Å². The molecule has 33 heavy (non-hydrogen) atoms. The Morgan fingerprint density at radius 2 is 1.76 bits per heavy atom. The van der Waals surface area contributed by atoms with Gasteiger partial charge in [-0.25, -0.2) is 4.79 Å². The molecule has 0 radical (unpaired) electrons. The number of rotatable bonds is 3. The lowest BCUT2D eigenvalue weighted by Crippen LogP contribution is -2.65. The molecule has 6 nitrogen and oxygen atoms in total. The van der Waals surface area contributed by atoms with Crippen LogP contribution in [0.15, 0.2) is 12.1 Å². The van der Waals surface area contributed by atoms with Crippen molar-refractivity contribution in [3.8, 4) is 11.5 Å². The van der Waals surface area contributed by atoms with E-state index in [0.717, 1.165) is 24.3 Å². The summed E-state index contributed by atoms with van der Waals surface area (Å²) in [5, 5.41) is 0. The second kappa shape index (κ2) is 7.38. The van der Waals surface area contributed by atoms with Crippen LogP contribution in [0.4, 0.5) is 0 Å². The van der Waals surface area contributed by atoms with Gasteiger partial charge in [-0.1, -0.05) is 33.8 Å². The van der Waals surface area contributed by atoms with E-state index in [1.54, 1.807) is 21.0 Å². The summed E-state index contributed by atoms with van der Waals surface area (Å²) in [6, 6.07) is 3.85. The fourth-order valence-corrected chi connectivity index (χ4v) is 6.84. The number of hydrogen-bond acceptors (Lipinski definition) is 6. The quantitative estimate of drug-likeness (QED) is 0.436. The van der Waals surface area contributed by atoms with Crippen molar-refractivity contribution in [3.05, 3.63) is 23.3 Å². The molecule has 4 saturated carbocycles. The third kappa shape index (κ3) is 3.25. The molecule has 0 N–H and O–H groups in total. The number of carbonyl (C=O) groups is 1. The lowest BCUT2D eigenvalue weighted by Gasteiger charge is -2.64. The molecule has 0 spiro atoms. The highest BCUT2D eigenvalue weighted by Crippen LogP contribution is 2.68. The van der Waals surface area contributed by atoms with Crippen molar-refractivity contribution in [2.24, 2.45) is 17.3 Å². The average molecular weight is 456 g/mol. The second-order valence-corrected chi connectivity index (χ2v) is 11.3. The summed E-state index contributed by atoms with van der Waals surface area (Å²) in [5.74, 6) is 1.44. The Kier molecular flexibility index (Phi) is 5.16. The zero-order valence-corrected chi connectivity index (χ0v) is 21.2. The molecule has 180 valence electrons. The van der Waals surface area contributed by atoms with Gasteiger partial charge in [0, 0.05) is 19.7 Å². The van der Waals surface area contributed by atoms with E-state index >= 15 is 0 Å². The van der Waals surface area contributed by atoms with Crippen molar-refractivity contribution < 1.29 is 28.3 Å². The van der Waals surface area contributed by atoms with Crippen LogP contribution in [0.1, 0.15) is 89.6 Å². The van der Waals surface area contributed by atoms with Crippen molar-refractivity contribution in [2.45, 2.75) is 97.0 Å². The molecule has 2 heterocycles. The number of hydrogen-bond donors (Lipinski definition) is 0. The summed E-state index contributed by atoms with van der Waals surface area (Å²) in [4.78, 5) is 12.7. The molecule has 2 bridgehead atoms. The summed E-state index contributed by atoms with van der Waals surface area (Å²) in [6.07, 6.45) is 3.49. The van der Waals surface area contributed by atoms with E-state index in [4.69, 9.17) is 23.5 Å². The minimum Gasteiger partial charge on any atom is -0.496 e. The van der Waals surface area contributed by atoms with Crippen LogP contribution in [-0.4, -0.2) is 37.7 Å². The first-order valence-corrected chi connectivity index (χ1v) is 12.5. The zero-order valence-electron chi connectivity index (χ0n) is 21.2. The van der Waals surface area contributed by atoms with Gasteiger partial charge in [0.15, 0.2) is 0 Å². The van der Waals surface area contributed by atoms with E-state index in [1.807, 2.05) is 26.0 Å². The van der Waals surface area contributed by atoms with Gasteiger partial charge in [-0.05, 0) is 61.0 Å². The smallest absolute Gasteiger partial charge is 0.461 e. The molecule has 7 rings (SSSR count). The van der Waals surface area contributed by atoms with Gasteiger partial charge in [0.1, 0.15) is 17.1 Å². The van der Waals surface area contributed by atoms with Gasteiger partial charge >= 0.3 is 13.1 Å². The van der Waals surface area contributed by atoms with Crippen LogP contribution in [0.5, 0.6) is 11.5 Å². The first-order chi connectivity index (χ1) is 15.5. The number of carbonyl (C=O) groups excluding carboxylic acids is 1. The van der Waals surface area contributed by atoms with E-state index < -0.39 is 11.8 Å². The Hall–Kier alpha value is -1.73. The first-order valence-electron chi connectivity index (χ1n) is 12.5. The Morgan fingerprint density at radius 3 is 2.42 bits per heavy atom. The topological polar surface area (TPSA) is 63.2 Å². The van der Waals surface area contributed by atoms with Crippen LogP contribution in [0.3, 0.4) is 0 Å². The molecule has 0 aromatic heterocycles. The molecule has 1 aromatic rings. The maximum absolute atomic E-state index is 12.7. The zero-order chi connectivity index (χ0) is 23.9. The Labute approximate surface area is 197 Å². The van der Waals surface area contributed by atoms with Crippen LogP contribution in [0, 0.1) is 17.3 Å². The van der Waals surface area contributed by atoms with E-state index in [0.29, 0.717) is 28.4 Å². The predicted octanol–water partition coefficient (Wildman–Crippen LogP) is 5.59. The van der Waals surface area contributed by atoms with E-state index in [2.05, 4.69) is 20.8 Å². The summed E-state index contributed by atoms with van der Waals surface area (Å²) in [7, 11) is 1.36. The third-order valence-corrected chi connectivity index (χ3v) is 8.82. The van der Waals surface area contributed by atoms with Gasteiger partial charge in [0.25, 0.3) is 0 Å². The lowest BCUT2D eigenvalue weighted by atomic mass is 9.43. The highest BCUT2D eigenvalue weighted by Gasteiger charge is 2.70. The summed E-state index contributed by atoms with van der Waals surface area (Å²) in [5.41, 5.74) is 1.53. The maximum Gasteiger partial charge on any atom is 0.461 e. The Balaban J connectivity index is 0.00000111. The Morgan fingerprint density at radius 1 is 1.03 bits per heavy atom. The van der Waals surface area contributed by atoms with Gasteiger partial charge in [-0.15, -0.1) is 0 Å². The van der Waals surface area contributed by atoms with E-state index in [-0.39, 0.29) is 30.6 Å².